The average Bonchev–Trinajstić information content (AvgIpc) is 3.52. The molecule has 11 heteroatoms. The number of fused-ring (bicyclic) bond motifs is 1. The Bertz CT molecular complexity index is 1430. The van der Waals surface area contributed by atoms with E-state index >= 15 is 4.39 Å². The van der Waals surface area contributed by atoms with Crippen molar-refractivity contribution in [3.63, 3.8) is 0 Å². The van der Waals surface area contributed by atoms with Crippen LogP contribution in [-0.4, -0.2) is 84.0 Å². The van der Waals surface area contributed by atoms with Crippen LogP contribution in [0, 0.1) is 11.2 Å². The van der Waals surface area contributed by atoms with Crippen molar-refractivity contribution in [2.75, 3.05) is 54.8 Å². The minimum Gasteiger partial charge on any atom is -0.399 e. The van der Waals surface area contributed by atoms with Gasteiger partial charge in [0.2, 0.25) is 11.8 Å². The van der Waals surface area contributed by atoms with Crippen molar-refractivity contribution in [1.82, 2.24) is 15.1 Å². The Morgan fingerprint density at radius 3 is 2.33 bits per heavy atom. The third-order valence-corrected chi connectivity index (χ3v) is 10.6. The number of benzene rings is 2. The van der Waals surface area contributed by atoms with E-state index in [0.29, 0.717) is 24.8 Å². The Kier molecular flexibility index (Phi) is 7.04. The molecule has 1 aliphatic carbocycles. The van der Waals surface area contributed by atoms with Crippen molar-refractivity contribution < 1.29 is 23.9 Å². The zero-order chi connectivity index (χ0) is 29.9. The largest absolute Gasteiger partial charge is 0.399 e. The second kappa shape index (κ2) is 10.8. The highest BCUT2D eigenvalue weighted by molar-refractivity contribution is 6.06. The van der Waals surface area contributed by atoms with Crippen LogP contribution in [0.2, 0.25) is 0 Å². The molecule has 10 nitrogen and oxygen atoms in total. The molecule has 7 rings (SSSR count). The molecule has 0 radical (unpaired) electrons. The molecule has 4 fully saturated rings. The standard InChI is InChI=1S/C32H39FN6O4/c33-25-17-23-24(31(43)39(30(23)42)26-5-6-28(40)35-29(26)41)18-27(25)38-11-9-32(10-12-38)8-7-22(19-32)37-15-13-36(14-16-37)21-3-1-20(34)2-4-21/h1-4,17-18,22,26,30,42H,5-16,19,34H2,(H,35,40,41). The summed E-state index contributed by atoms with van der Waals surface area (Å²) in [7, 11) is 0. The summed E-state index contributed by atoms with van der Waals surface area (Å²) in [6.07, 6.45) is 4.28. The summed E-state index contributed by atoms with van der Waals surface area (Å²) < 4.78 is 15.5. The van der Waals surface area contributed by atoms with Crippen LogP contribution in [0.3, 0.4) is 0 Å². The first kappa shape index (κ1) is 28.1. The maximum Gasteiger partial charge on any atom is 0.257 e. The number of aliphatic hydroxyl groups excluding tert-OH is 1. The van der Waals surface area contributed by atoms with Crippen molar-refractivity contribution in [3.05, 3.63) is 53.3 Å². The van der Waals surface area contributed by atoms with Gasteiger partial charge in [-0.2, -0.15) is 0 Å². The fourth-order valence-corrected chi connectivity index (χ4v) is 8.07. The number of carbonyl (C=O) groups is 3. The number of nitrogens with one attached hydrogen (secondary N) is 1. The van der Waals surface area contributed by atoms with Crippen molar-refractivity contribution in [2.24, 2.45) is 5.41 Å². The summed E-state index contributed by atoms with van der Waals surface area (Å²) >= 11 is 0. The van der Waals surface area contributed by atoms with E-state index in [1.165, 1.54) is 37.1 Å². The van der Waals surface area contributed by atoms with Crippen LogP contribution in [0.5, 0.6) is 0 Å². The predicted octanol–water partition coefficient (Wildman–Crippen LogP) is 2.62. The average molecular weight is 591 g/mol. The van der Waals surface area contributed by atoms with Gasteiger partial charge in [-0.05, 0) is 80.3 Å². The number of piperazine rings is 1. The second-order valence-electron chi connectivity index (χ2n) is 12.9. The fourth-order valence-electron chi connectivity index (χ4n) is 8.07. The number of hydrogen-bond acceptors (Lipinski definition) is 8. The molecule has 0 bridgehead atoms. The van der Waals surface area contributed by atoms with Crippen LogP contribution < -0.4 is 20.9 Å². The Morgan fingerprint density at radius 1 is 0.907 bits per heavy atom. The SMILES string of the molecule is Nc1ccc(N2CCN(C3CCC4(CCN(c5cc6c(cc5F)C(O)N(C5CCC(=O)NC5=O)C6=O)CC4)C3)CC2)cc1. The molecule has 228 valence electrons. The Balaban J connectivity index is 0.975. The molecule has 3 unspecified atom stereocenters. The van der Waals surface area contributed by atoms with Crippen molar-refractivity contribution in [2.45, 2.75) is 63.3 Å². The van der Waals surface area contributed by atoms with Gasteiger partial charge >= 0.3 is 0 Å². The number of nitrogens with zero attached hydrogens (tertiary/aromatic N) is 4. The third-order valence-electron chi connectivity index (χ3n) is 10.6. The number of hydrogen-bond donors (Lipinski definition) is 3. The van der Waals surface area contributed by atoms with E-state index in [0.717, 1.165) is 49.6 Å². The third kappa shape index (κ3) is 5.02. The van der Waals surface area contributed by atoms with E-state index in [-0.39, 0.29) is 29.4 Å². The molecule has 4 N–H and O–H groups in total. The van der Waals surface area contributed by atoms with E-state index in [1.54, 1.807) is 0 Å². The lowest BCUT2D eigenvalue weighted by Crippen LogP contribution is -2.53. The number of carbonyl (C=O) groups excluding carboxylic acids is 3. The van der Waals surface area contributed by atoms with Crippen LogP contribution in [0.15, 0.2) is 36.4 Å². The normalized spacial score (nSPS) is 27.6. The summed E-state index contributed by atoms with van der Waals surface area (Å²) in [5.41, 5.74) is 8.88. The maximum atomic E-state index is 15.5. The number of piperidine rings is 2. The first-order valence-electron chi connectivity index (χ1n) is 15.5. The predicted molar refractivity (Wildman–Crippen MR) is 160 cm³/mol. The monoisotopic (exact) mass is 590 g/mol. The van der Waals surface area contributed by atoms with Crippen molar-refractivity contribution in [3.8, 4) is 0 Å². The van der Waals surface area contributed by atoms with Crippen LogP contribution in [-0.2, 0) is 9.59 Å². The molecule has 43 heavy (non-hydrogen) atoms. The van der Waals surface area contributed by atoms with E-state index in [1.807, 2.05) is 17.0 Å². The first-order valence-corrected chi connectivity index (χ1v) is 15.5. The van der Waals surface area contributed by atoms with Gasteiger partial charge in [0, 0.05) is 74.2 Å². The summed E-state index contributed by atoms with van der Waals surface area (Å²) in [6, 6.07) is 10.5. The summed E-state index contributed by atoms with van der Waals surface area (Å²) in [6.45, 7) is 5.53. The first-order chi connectivity index (χ1) is 20.7. The maximum absolute atomic E-state index is 15.5. The highest BCUT2D eigenvalue weighted by atomic mass is 19.1. The molecule has 1 spiro atoms. The molecule has 2 aromatic carbocycles. The summed E-state index contributed by atoms with van der Waals surface area (Å²) in [5.74, 6) is -2.00. The number of rotatable bonds is 4. The number of halogens is 1. The van der Waals surface area contributed by atoms with Gasteiger partial charge in [0.1, 0.15) is 11.9 Å². The lowest BCUT2D eigenvalue weighted by atomic mass is 9.76. The van der Waals surface area contributed by atoms with Gasteiger partial charge in [-0.3, -0.25) is 29.5 Å². The van der Waals surface area contributed by atoms with E-state index in [4.69, 9.17) is 5.73 Å². The summed E-state index contributed by atoms with van der Waals surface area (Å²) in [4.78, 5) is 45.5. The van der Waals surface area contributed by atoms with Gasteiger partial charge in [-0.25, -0.2) is 4.39 Å². The lowest BCUT2D eigenvalue weighted by Gasteiger charge is -2.42. The lowest BCUT2D eigenvalue weighted by molar-refractivity contribution is -0.139. The number of amides is 3. The number of aliphatic hydroxyl groups is 1. The topological polar surface area (TPSA) is 122 Å². The number of nitrogens with two attached hydrogens (primary N) is 1. The van der Waals surface area contributed by atoms with E-state index in [2.05, 4.69) is 27.2 Å². The van der Waals surface area contributed by atoms with Gasteiger partial charge in [0.25, 0.3) is 5.91 Å². The molecule has 5 aliphatic rings. The molecule has 3 amide bonds. The summed E-state index contributed by atoms with van der Waals surface area (Å²) in [5, 5.41) is 13.1. The second-order valence-corrected chi connectivity index (χ2v) is 12.9. The quantitative estimate of drug-likeness (QED) is 0.367. The van der Waals surface area contributed by atoms with Crippen LogP contribution in [0.25, 0.3) is 0 Å². The van der Waals surface area contributed by atoms with Gasteiger partial charge in [0.05, 0.1) is 5.69 Å². The zero-order valence-corrected chi connectivity index (χ0v) is 24.3. The molecule has 3 atom stereocenters. The van der Waals surface area contributed by atoms with Gasteiger partial charge in [0.15, 0.2) is 6.23 Å². The van der Waals surface area contributed by atoms with Gasteiger partial charge < -0.3 is 20.6 Å². The highest BCUT2D eigenvalue weighted by Gasteiger charge is 2.46. The van der Waals surface area contributed by atoms with Gasteiger partial charge in [-0.1, -0.05) is 0 Å². The van der Waals surface area contributed by atoms with Crippen molar-refractivity contribution >= 4 is 34.8 Å². The Labute approximate surface area is 250 Å². The molecular weight excluding hydrogens is 551 g/mol. The number of anilines is 3. The highest BCUT2D eigenvalue weighted by Crippen LogP contribution is 2.49. The molecule has 4 aliphatic heterocycles. The molecule has 4 heterocycles. The van der Waals surface area contributed by atoms with E-state index < -0.39 is 35.8 Å². The molecule has 0 aromatic heterocycles. The molecule has 3 saturated heterocycles. The number of nitrogen functional groups attached to an aromatic ring is 1. The Morgan fingerprint density at radius 2 is 1.63 bits per heavy atom. The van der Waals surface area contributed by atoms with E-state index in [9.17, 15) is 19.5 Å². The fraction of sp³-hybridized carbons (Fsp3) is 0.531. The van der Waals surface area contributed by atoms with Crippen LogP contribution >= 0.6 is 0 Å². The number of imide groups is 1. The molecule has 2 aromatic rings. The minimum absolute atomic E-state index is 0.0824. The van der Waals surface area contributed by atoms with Crippen LogP contribution in [0.4, 0.5) is 21.5 Å². The zero-order valence-electron chi connectivity index (χ0n) is 24.3. The van der Waals surface area contributed by atoms with Crippen LogP contribution in [0.1, 0.15) is 67.1 Å². The molecule has 1 saturated carbocycles. The Hall–Kier alpha value is -3.70. The smallest absolute Gasteiger partial charge is 0.257 e. The minimum atomic E-state index is -1.43. The van der Waals surface area contributed by atoms with Gasteiger partial charge in [-0.15, -0.1) is 0 Å². The van der Waals surface area contributed by atoms with Crippen molar-refractivity contribution in [1.29, 1.82) is 0 Å². The molecular formula is C32H39FN6O4.